The Morgan fingerprint density at radius 3 is 2.95 bits per heavy atom. The van der Waals surface area contributed by atoms with Crippen LogP contribution in [-0.4, -0.2) is 20.7 Å². The molecule has 3 rings (SSSR count). The quantitative estimate of drug-likeness (QED) is 0.749. The number of para-hydroxylation sites is 1. The highest BCUT2D eigenvalue weighted by atomic mass is 16.1. The molecule has 0 radical (unpaired) electrons. The first-order valence-electron chi connectivity index (χ1n) is 6.07. The molecule has 1 aromatic carbocycles. The van der Waals surface area contributed by atoms with Gasteiger partial charge in [0.2, 0.25) is 0 Å². The van der Waals surface area contributed by atoms with Crippen molar-refractivity contribution in [3.8, 4) is 0 Å². The molecule has 0 aliphatic heterocycles. The lowest BCUT2D eigenvalue weighted by Gasteiger charge is -2.03. The number of hydrogen-bond acceptors (Lipinski definition) is 2. The Hall–Kier alpha value is -2.56. The highest BCUT2D eigenvalue weighted by Gasteiger charge is 2.09. The number of H-pyrrole nitrogens is 1. The lowest BCUT2D eigenvalue weighted by molar-refractivity contribution is 0.0946. The van der Waals surface area contributed by atoms with Crippen LogP contribution in [0.15, 0.2) is 42.6 Å². The third-order valence-corrected chi connectivity index (χ3v) is 3.13. The highest BCUT2D eigenvalue weighted by molar-refractivity contribution is 5.97. The first-order chi connectivity index (χ1) is 9.24. The predicted octanol–water partition coefficient (Wildman–Crippen LogP) is 1.83. The monoisotopic (exact) mass is 254 g/mol. The molecule has 19 heavy (non-hydrogen) atoms. The van der Waals surface area contributed by atoms with Gasteiger partial charge >= 0.3 is 0 Å². The minimum atomic E-state index is -0.114. The first-order valence-corrected chi connectivity index (χ1v) is 6.07. The second-order valence-electron chi connectivity index (χ2n) is 4.40. The molecule has 0 saturated carbocycles. The zero-order valence-corrected chi connectivity index (χ0v) is 10.6. The van der Waals surface area contributed by atoms with Gasteiger partial charge < -0.3 is 10.3 Å². The molecule has 1 amide bonds. The number of carbonyl (C=O) groups is 1. The standard InChI is InChI=1S/C14H14N4O/c1-18-11(6-7-16-18)9-15-14(19)13-8-10-4-2-3-5-12(10)17-13/h2-8,17H,9H2,1H3,(H,15,19). The Kier molecular flexibility index (Phi) is 2.79. The summed E-state index contributed by atoms with van der Waals surface area (Å²) in [5.41, 5.74) is 2.50. The molecule has 96 valence electrons. The molecule has 5 nitrogen and oxygen atoms in total. The second-order valence-corrected chi connectivity index (χ2v) is 4.40. The largest absolute Gasteiger partial charge is 0.351 e. The number of fused-ring (bicyclic) bond motifs is 1. The minimum Gasteiger partial charge on any atom is -0.351 e. The lowest BCUT2D eigenvalue weighted by atomic mass is 10.2. The van der Waals surface area contributed by atoms with Gasteiger partial charge in [0.1, 0.15) is 5.69 Å². The van der Waals surface area contributed by atoms with Gasteiger partial charge in [-0.2, -0.15) is 5.10 Å². The number of amides is 1. The summed E-state index contributed by atoms with van der Waals surface area (Å²) in [6.07, 6.45) is 1.71. The summed E-state index contributed by atoms with van der Waals surface area (Å²) in [6.45, 7) is 0.463. The van der Waals surface area contributed by atoms with E-state index in [1.165, 1.54) is 0 Å². The number of nitrogens with one attached hydrogen (secondary N) is 2. The third kappa shape index (κ3) is 2.22. The van der Waals surface area contributed by atoms with Crippen LogP contribution in [-0.2, 0) is 13.6 Å². The first kappa shape index (κ1) is 11.5. The Morgan fingerprint density at radius 2 is 2.21 bits per heavy atom. The Labute approximate surface area is 110 Å². The van der Waals surface area contributed by atoms with E-state index in [-0.39, 0.29) is 5.91 Å². The fourth-order valence-electron chi connectivity index (χ4n) is 2.04. The van der Waals surface area contributed by atoms with Crippen LogP contribution >= 0.6 is 0 Å². The fraction of sp³-hybridized carbons (Fsp3) is 0.143. The van der Waals surface area contributed by atoms with Gasteiger partial charge in [-0.05, 0) is 18.2 Å². The van der Waals surface area contributed by atoms with E-state index in [2.05, 4.69) is 15.4 Å². The summed E-state index contributed by atoms with van der Waals surface area (Å²) < 4.78 is 1.74. The molecule has 0 saturated heterocycles. The van der Waals surface area contributed by atoms with Crippen molar-refractivity contribution in [3.05, 3.63) is 54.0 Å². The molecule has 2 heterocycles. The third-order valence-electron chi connectivity index (χ3n) is 3.13. The molecule has 0 aliphatic carbocycles. The van der Waals surface area contributed by atoms with Crippen molar-refractivity contribution in [2.24, 2.45) is 7.05 Å². The number of rotatable bonds is 3. The van der Waals surface area contributed by atoms with Crippen molar-refractivity contribution in [3.63, 3.8) is 0 Å². The van der Waals surface area contributed by atoms with Crippen molar-refractivity contribution in [2.75, 3.05) is 0 Å². The van der Waals surface area contributed by atoms with Crippen LogP contribution in [0.3, 0.4) is 0 Å². The van der Waals surface area contributed by atoms with Gasteiger partial charge in [0, 0.05) is 24.1 Å². The maximum atomic E-state index is 12.0. The molecule has 0 bridgehead atoms. The normalized spacial score (nSPS) is 10.8. The summed E-state index contributed by atoms with van der Waals surface area (Å²) in [5, 5.41) is 7.97. The van der Waals surface area contributed by atoms with Crippen molar-refractivity contribution >= 4 is 16.8 Å². The van der Waals surface area contributed by atoms with Crippen LogP contribution < -0.4 is 5.32 Å². The smallest absolute Gasteiger partial charge is 0.268 e. The zero-order valence-electron chi connectivity index (χ0n) is 10.6. The SMILES string of the molecule is Cn1nccc1CNC(=O)c1cc2ccccc2[nH]1. The second kappa shape index (κ2) is 4.61. The molecule has 0 atom stereocenters. The van der Waals surface area contributed by atoms with E-state index in [4.69, 9.17) is 0 Å². The van der Waals surface area contributed by atoms with Crippen LogP contribution in [0.1, 0.15) is 16.2 Å². The van der Waals surface area contributed by atoms with Gasteiger partial charge in [-0.25, -0.2) is 0 Å². The van der Waals surface area contributed by atoms with Crippen LogP contribution in [0.25, 0.3) is 10.9 Å². The van der Waals surface area contributed by atoms with Gasteiger partial charge in [0.05, 0.1) is 12.2 Å². The number of aromatic amines is 1. The van der Waals surface area contributed by atoms with E-state index < -0.39 is 0 Å². The summed E-state index contributed by atoms with van der Waals surface area (Å²) >= 11 is 0. The zero-order chi connectivity index (χ0) is 13.2. The van der Waals surface area contributed by atoms with Crippen molar-refractivity contribution in [2.45, 2.75) is 6.54 Å². The Bertz CT molecular complexity index is 693. The van der Waals surface area contributed by atoms with E-state index >= 15 is 0 Å². The number of carbonyl (C=O) groups excluding carboxylic acids is 1. The van der Waals surface area contributed by atoms with Crippen LogP contribution in [0, 0.1) is 0 Å². The summed E-state index contributed by atoms with van der Waals surface area (Å²) in [5.74, 6) is -0.114. The van der Waals surface area contributed by atoms with Crippen LogP contribution in [0.2, 0.25) is 0 Å². The molecule has 0 spiro atoms. The van der Waals surface area contributed by atoms with E-state index in [0.29, 0.717) is 12.2 Å². The molecule has 2 N–H and O–H groups in total. The molecule has 0 fully saturated rings. The number of benzene rings is 1. The number of nitrogens with zero attached hydrogens (tertiary/aromatic N) is 2. The minimum absolute atomic E-state index is 0.114. The Morgan fingerprint density at radius 1 is 1.37 bits per heavy atom. The summed E-state index contributed by atoms with van der Waals surface area (Å²) in [4.78, 5) is 15.2. The van der Waals surface area contributed by atoms with Gasteiger partial charge in [-0.15, -0.1) is 0 Å². The van der Waals surface area contributed by atoms with Gasteiger partial charge in [-0.3, -0.25) is 9.48 Å². The summed E-state index contributed by atoms with van der Waals surface area (Å²) in [7, 11) is 1.85. The van der Waals surface area contributed by atoms with Crippen LogP contribution in [0.5, 0.6) is 0 Å². The topological polar surface area (TPSA) is 62.7 Å². The molecule has 0 aliphatic rings. The van der Waals surface area contributed by atoms with Gasteiger partial charge in [0.15, 0.2) is 0 Å². The van der Waals surface area contributed by atoms with E-state index in [9.17, 15) is 4.79 Å². The van der Waals surface area contributed by atoms with E-state index in [1.54, 1.807) is 10.9 Å². The molecule has 2 aromatic heterocycles. The number of aromatic nitrogens is 3. The summed E-state index contributed by atoms with van der Waals surface area (Å²) in [6, 6.07) is 11.6. The highest BCUT2D eigenvalue weighted by Crippen LogP contribution is 2.14. The maximum absolute atomic E-state index is 12.0. The van der Waals surface area contributed by atoms with Crippen molar-refractivity contribution in [1.29, 1.82) is 0 Å². The predicted molar refractivity (Wildman–Crippen MR) is 72.7 cm³/mol. The molecular weight excluding hydrogens is 240 g/mol. The average Bonchev–Trinajstić information content (AvgIpc) is 3.01. The fourth-order valence-corrected chi connectivity index (χ4v) is 2.04. The van der Waals surface area contributed by atoms with Crippen molar-refractivity contribution in [1.82, 2.24) is 20.1 Å². The maximum Gasteiger partial charge on any atom is 0.268 e. The van der Waals surface area contributed by atoms with Gasteiger partial charge in [-0.1, -0.05) is 18.2 Å². The Balaban J connectivity index is 1.75. The van der Waals surface area contributed by atoms with E-state index in [1.807, 2.05) is 43.4 Å². The van der Waals surface area contributed by atoms with Crippen LogP contribution in [0.4, 0.5) is 0 Å². The molecular formula is C14H14N4O. The molecule has 5 heteroatoms. The molecule has 3 aromatic rings. The van der Waals surface area contributed by atoms with Crippen molar-refractivity contribution < 1.29 is 4.79 Å². The van der Waals surface area contributed by atoms with E-state index in [0.717, 1.165) is 16.6 Å². The number of aryl methyl sites for hydroxylation is 1. The molecule has 0 unspecified atom stereocenters. The average molecular weight is 254 g/mol. The van der Waals surface area contributed by atoms with Gasteiger partial charge in [0.25, 0.3) is 5.91 Å². The number of hydrogen-bond donors (Lipinski definition) is 2. The lowest BCUT2D eigenvalue weighted by Crippen LogP contribution is -2.24.